The van der Waals surface area contributed by atoms with Gasteiger partial charge >= 0.3 is 0 Å². The molecule has 136 valence electrons. The first kappa shape index (κ1) is 16.2. The minimum absolute atomic E-state index is 0.0557. The van der Waals surface area contributed by atoms with Gasteiger partial charge in [0.25, 0.3) is 0 Å². The van der Waals surface area contributed by atoms with Crippen molar-refractivity contribution in [3.8, 4) is 0 Å². The van der Waals surface area contributed by atoms with Gasteiger partial charge in [-0.25, -0.2) is 8.42 Å². The molecule has 0 amide bonds. The molecule has 3 aliphatic heterocycles. The van der Waals surface area contributed by atoms with Crippen LogP contribution < -0.4 is 5.32 Å². The summed E-state index contributed by atoms with van der Waals surface area (Å²) in [6, 6.07) is 10.1. The van der Waals surface area contributed by atoms with E-state index in [1.165, 1.54) is 0 Å². The number of hydrogen-bond donors (Lipinski definition) is 1. The van der Waals surface area contributed by atoms with Crippen molar-refractivity contribution in [2.24, 2.45) is 11.3 Å². The molecule has 0 bridgehead atoms. The normalized spacial score (nSPS) is 37.3. The van der Waals surface area contributed by atoms with Crippen molar-refractivity contribution in [2.45, 2.75) is 36.5 Å². The number of hydrogen-bond acceptors (Lipinski definition) is 4. The van der Waals surface area contributed by atoms with Crippen molar-refractivity contribution in [3.05, 3.63) is 35.9 Å². The van der Waals surface area contributed by atoms with Gasteiger partial charge in [-0.3, -0.25) is 0 Å². The highest BCUT2D eigenvalue weighted by atomic mass is 32.2. The predicted octanol–water partition coefficient (Wildman–Crippen LogP) is 1.57. The van der Waals surface area contributed by atoms with E-state index in [-0.39, 0.29) is 22.6 Å². The Hall–Kier alpha value is -0.950. The van der Waals surface area contributed by atoms with Crippen LogP contribution in [0.1, 0.15) is 30.7 Å². The average molecular weight is 362 g/mol. The SMILES string of the molecule is O=S(=O)([C@@H]1C[C@H]1c1ccccc1)N1CC2(CCNCC2)[C@@H]2COC[C@@H]21. The highest BCUT2D eigenvalue weighted by Crippen LogP contribution is 2.54. The Balaban J connectivity index is 1.41. The fourth-order valence-electron chi connectivity index (χ4n) is 5.41. The third-order valence-electron chi connectivity index (χ3n) is 6.95. The standard InChI is InChI=1S/C19H26N2O3S/c22-25(23,18-10-15(18)14-4-2-1-3-5-14)21-13-19(6-8-20-9-7-19)16-11-24-12-17(16)21/h1-5,15-18,20H,6-13H2/t15-,16+,17-,18+/m0/s1. The van der Waals surface area contributed by atoms with Gasteiger partial charge in [0.1, 0.15) is 0 Å². The van der Waals surface area contributed by atoms with Crippen LogP contribution in [0.4, 0.5) is 0 Å². The molecule has 4 atom stereocenters. The van der Waals surface area contributed by atoms with Crippen LogP contribution in [0.25, 0.3) is 0 Å². The molecule has 6 heteroatoms. The summed E-state index contributed by atoms with van der Waals surface area (Å²) in [5.41, 5.74) is 1.28. The molecule has 1 aliphatic carbocycles. The highest BCUT2D eigenvalue weighted by molar-refractivity contribution is 7.90. The number of ether oxygens (including phenoxy) is 1. The van der Waals surface area contributed by atoms with Gasteiger partial charge in [-0.05, 0) is 43.3 Å². The summed E-state index contributed by atoms with van der Waals surface area (Å²) >= 11 is 0. The van der Waals surface area contributed by atoms with Crippen LogP contribution in [0.3, 0.4) is 0 Å². The van der Waals surface area contributed by atoms with Gasteiger partial charge in [-0.15, -0.1) is 0 Å². The Labute approximate surface area is 149 Å². The van der Waals surface area contributed by atoms with E-state index in [1.54, 1.807) is 0 Å². The van der Waals surface area contributed by atoms with Gasteiger partial charge in [0, 0.05) is 18.4 Å². The number of nitrogens with one attached hydrogen (secondary N) is 1. The van der Waals surface area contributed by atoms with Gasteiger partial charge in [0.2, 0.25) is 10.0 Å². The Bertz CT molecular complexity index is 745. The quantitative estimate of drug-likeness (QED) is 0.887. The van der Waals surface area contributed by atoms with Gasteiger partial charge in [-0.1, -0.05) is 30.3 Å². The fraction of sp³-hybridized carbons (Fsp3) is 0.684. The van der Waals surface area contributed by atoms with E-state index in [1.807, 2.05) is 22.5 Å². The molecule has 5 rings (SSSR count). The molecule has 5 nitrogen and oxygen atoms in total. The van der Waals surface area contributed by atoms with Crippen molar-refractivity contribution in [3.63, 3.8) is 0 Å². The molecule has 4 aliphatic rings. The summed E-state index contributed by atoms with van der Waals surface area (Å²) in [5, 5.41) is 3.18. The van der Waals surface area contributed by atoms with Gasteiger partial charge in [0.05, 0.1) is 24.5 Å². The lowest BCUT2D eigenvalue weighted by atomic mass is 9.70. The van der Waals surface area contributed by atoms with Crippen LogP contribution in [0, 0.1) is 11.3 Å². The summed E-state index contributed by atoms with van der Waals surface area (Å²) in [5.74, 6) is 0.537. The second-order valence-corrected chi connectivity index (χ2v) is 10.3. The molecule has 1 aromatic rings. The monoisotopic (exact) mass is 362 g/mol. The van der Waals surface area contributed by atoms with E-state index in [0.29, 0.717) is 19.1 Å². The molecular weight excluding hydrogens is 336 g/mol. The first-order valence-electron chi connectivity index (χ1n) is 9.46. The number of fused-ring (bicyclic) bond motifs is 2. The minimum atomic E-state index is -3.26. The molecule has 0 unspecified atom stereocenters. The van der Waals surface area contributed by atoms with Crippen LogP contribution >= 0.6 is 0 Å². The molecule has 3 heterocycles. The van der Waals surface area contributed by atoms with Crippen LogP contribution in [0.15, 0.2) is 30.3 Å². The Morgan fingerprint density at radius 3 is 2.64 bits per heavy atom. The molecular formula is C19H26N2O3S. The molecule has 4 fully saturated rings. The first-order chi connectivity index (χ1) is 12.1. The molecule has 0 radical (unpaired) electrons. The lowest BCUT2D eigenvalue weighted by molar-refractivity contribution is 0.0979. The van der Waals surface area contributed by atoms with Gasteiger partial charge in [0.15, 0.2) is 0 Å². The maximum atomic E-state index is 13.4. The highest BCUT2D eigenvalue weighted by Gasteiger charge is 2.61. The summed E-state index contributed by atoms with van der Waals surface area (Å²) < 4.78 is 34.4. The van der Waals surface area contributed by atoms with E-state index in [0.717, 1.165) is 44.5 Å². The smallest absolute Gasteiger partial charge is 0.217 e. The van der Waals surface area contributed by atoms with Gasteiger partial charge in [-0.2, -0.15) is 4.31 Å². The predicted molar refractivity (Wildman–Crippen MR) is 95.8 cm³/mol. The van der Waals surface area contributed by atoms with Crippen molar-refractivity contribution in [1.82, 2.24) is 9.62 Å². The minimum Gasteiger partial charge on any atom is -0.379 e. The topological polar surface area (TPSA) is 58.6 Å². The maximum absolute atomic E-state index is 13.4. The van der Waals surface area contributed by atoms with Crippen LogP contribution in [-0.4, -0.2) is 56.9 Å². The zero-order chi connectivity index (χ0) is 17.1. The van der Waals surface area contributed by atoms with E-state index < -0.39 is 10.0 Å². The average Bonchev–Trinajstić information content (AvgIpc) is 3.22. The lowest BCUT2D eigenvalue weighted by Gasteiger charge is -2.37. The maximum Gasteiger partial charge on any atom is 0.217 e. The molecule has 1 saturated carbocycles. The zero-order valence-electron chi connectivity index (χ0n) is 14.4. The van der Waals surface area contributed by atoms with Crippen molar-refractivity contribution >= 4 is 10.0 Å². The largest absolute Gasteiger partial charge is 0.379 e. The zero-order valence-corrected chi connectivity index (χ0v) is 15.2. The van der Waals surface area contributed by atoms with Crippen LogP contribution in [0.2, 0.25) is 0 Å². The van der Waals surface area contributed by atoms with Crippen LogP contribution in [0.5, 0.6) is 0 Å². The second kappa shape index (κ2) is 5.78. The third-order valence-corrected chi connectivity index (χ3v) is 9.29. The first-order valence-corrected chi connectivity index (χ1v) is 11.0. The van der Waals surface area contributed by atoms with Crippen molar-refractivity contribution < 1.29 is 13.2 Å². The van der Waals surface area contributed by atoms with Crippen molar-refractivity contribution in [1.29, 1.82) is 0 Å². The Kier molecular flexibility index (Phi) is 3.75. The summed E-state index contributed by atoms with van der Waals surface area (Å²) in [7, 11) is -3.26. The summed E-state index contributed by atoms with van der Waals surface area (Å²) in [4.78, 5) is 0. The fourth-order valence-corrected chi connectivity index (χ4v) is 7.81. The number of rotatable bonds is 3. The number of benzene rings is 1. The molecule has 1 N–H and O–H groups in total. The van der Waals surface area contributed by atoms with E-state index in [9.17, 15) is 8.42 Å². The van der Waals surface area contributed by atoms with Crippen LogP contribution in [-0.2, 0) is 14.8 Å². The number of nitrogens with zero attached hydrogens (tertiary/aromatic N) is 1. The van der Waals surface area contributed by atoms with Crippen molar-refractivity contribution in [2.75, 3.05) is 32.8 Å². The van der Waals surface area contributed by atoms with E-state index in [2.05, 4.69) is 17.4 Å². The Morgan fingerprint density at radius 2 is 1.88 bits per heavy atom. The molecule has 3 saturated heterocycles. The molecule has 1 spiro atoms. The second-order valence-electron chi connectivity index (χ2n) is 8.21. The number of piperidine rings is 1. The van der Waals surface area contributed by atoms with Gasteiger partial charge < -0.3 is 10.1 Å². The summed E-state index contributed by atoms with van der Waals surface area (Å²) in [6.45, 7) is 3.99. The third kappa shape index (κ3) is 2.49. The van der Waals surface area contributed by atoms with E-state index in [4.69, 9.17) is 4.74 Å². The van der Waals surface area contributed by atoms with E-state index >= 15 is 0 Å². The summed E-state index contributed by atoms with van der Waals surface area (Å²) in [6.07, 6.45) is 2.89. The molecule has 1 aromatic carbocycles. The molecule has 25 heavy (non-hydrogen) atoms. The lowest BCUT2D eigenvalue weighted by Crippen LogP contribution is -2.43. The molecule has 0 aromatic heterocycles. The number of sulfonamides is 1. The Morgan fingerprint density at radius 1 is 1.12 bits per heavy atom.